The summed E-state index contributed by atoms with van der Waals surface area (Å²) in [6.07, 6.45) is 0.930. The van der Waals surface area contributed by atoms with Crippen molar-refractivity contribution < 1.29 is 14.3 Å². The fourth-order valence-corrected chi connectivity index (χ4v) is 5.09. The van der Waals surface area contributed by atoms with Crippen molar-refractivity contribution in [3.05, 3.63) is 59.3 Å². The average Bonchev–Trinajstić information content (AvgIpc) is 3.52. The Morgan fingerprint density at radius 1 is 0.974 bits per heavy atom. The number of benzene rings is 1. The van der Waals surface area contributed by atoms with E-state index in [4.69, 9.17) is 10.5 Å². The van der Waals surface area contributed by atoms with Crippen LogP contribution in [0.2, 0.25) is 0 Å². The fourth-order valence-electron chi connectivity index (χ4n) is 5.09. The van der Waals surface area contributed by atoms with Gasteiger partial charge in [0.15, 0.2) is 11.4 Å². The van der Waals surface area contributed by atoms with E-state index < -0.39 is 0 Å². The summed E-state index contributed by atoms with van der Waals surface area (Å²) in [5, 5.41) is 12.8. The van der Waals surface area contributed by atoms with Gasteiger partial charge >= 0.3 is 0 Å². The van der Waals surface area contributed by atoms with E-state index in [1.807, 2.05) is 32.9 Å². The molecule has 0 saturated carbocycles. The van der Waals surface area contributed by atoms with E-state index in [0.717, 1.165) is 47.9 Å². The molecule has 2 aliphatic heterocycles. The Bertz CT molecular complexity index is 1560. The third-order valence-corrected chi connectivity index (χ3v) is 7.35. The minimum atomic E-state index is -0.386. The lowest BCUT2D eigenvalue weighted by molar-refractivity contribution is -0.125. The molecule has 200 valence electrons. The summed E-state index contributed by atoms with van der Waals surface area (Å²) in [5.41, 5.74) is 9.92. The summed E-state index contributed by atoms with van der Waals surface area (Å²) >= 11 is 0. The number of aromatic nitrogens is 6. The molecule has 0 aliphatic carbocycles. The Morgan fingerprint density at radius 2 is 1.74 bits per heavy atom. The molecular formula is C27H29N9O3. The number of carbonyl (C=O) groups excluding carboxylic acids is 2. The molecule has 0 bridgehead atoms. The highest BCUT2D eigenvalue weighted by molar-refractivity contribution is 5.94. The minimum Gasteiger partial charge on any atom is -0.485 e. The number of aryl methyl sites for hydroxylation is 3. The van der Waals surface area contributed by atoms with Crippen molar-refractivity contribution in [1.82, 2.24) is 34.7 Å². The van der Waals surface area contributed by atoms with Crippen molar-refractivity contribution in [2.24, 2.45) is 11.7 Å². The second-order valence-corrected chi connectivity index (χ2v) is 10.1. The van der Waals surface area contributed by atoms with Gasteiger partial charge in [0, 0.05) is 37.3 Å². The average molecular weight is 528 g/mol. The largest absolute Gasteiger partial charge is 0.485 e. The van der Waals surface area contributed by atoms with E-state index >= 15 is 0 Å². The molecule has 12 nitrogen and oxygen atoms in total. The van der Waals surface area contributed by atoms with Crippen LogP contribution >= 0.6 is 0 Å². The first-order chi connectivity index (χ1) is 18.8. The molecule has 0 unspecified atom stereocenters. The van der Waals surface area contributed by atoms with E-state index in [2.05, 4.69) is 42.3 Å². The number of amides is 2. The zero-order valence-corrected chi connectivity index (χ0v) is 22.0. The smallest absolute Gasteiger partial charge is 0.274 e. The Morgan fingerprint density at radius 3 is 2.44 bits per heavy atom. The van der Waals surface area contributed by atoms with Crippen molar-refractivity contribution >= 4 is 23.3 Å². The van der Waals surface area contributed by atoms with Crippen LogP contribution in [-0.4, -0.2) is 78.8 Å². The Kier molecular flexibility index (Phi) is 6.09. The molecule has 0 radical (unpaired) electrons. The summed E-state index contributed by atoms with van der Waals surface area (Å²) < 4.78 is 8.15. The summed E-state index contributed by atoms with van der Waals surface area (Å²) in [4.78, 5) is 36.5. The lowest BCUT2D eigenvalue weighted by atomic mass is 9.99. The van der Waals surface area contributed by atoms with Gasteiger partial charge in [0.25, 0.3) is 11.7 Å². The molecule has 5 heterocycles. The highest BCUT2D eigenvalue weighted by atomic mass is 16.5. The number of fused-ring (bicyclic) bond motifs is 1. The van der Waals surface area contributed by atoms with Crippen molar-refractivity contribution in [1.29, 1.82) is 0 Å². The molecular weight excluding hydrogens is 498 g/mol. The van der Waals surface area contributed by atoms with Crippen LogP contribution in [0.25, 0.3) is 17.0 Å². The lowest BCUT2D eigenvalue weighted by Crippen LogP contribution is -2.54. The maximum Gasteiger partial charge on any atom is 0.274 e. The number of ether oxygens (including phenoxy) is 1. The predicted molar refractivity (Wildman–Crippen MR) is 142 cm³/mol. The van der Waals surface area contributed by atoms with Crippen molar-refractivity contribution in [3.63, 3.8) is 0 Å². The first kappa shape index (κ1) is 24.7. The summed E-state index contributed by atoms with van der Waals surface area (Å²) in [6, 6.07) is 11.6. The first-order valence-corrected chi connectivity index (χ1v) is 12.9. The SMILES string of the molecule is Cc1nc2nc(C)c(O[C@@H]3CCN(c4ccc(-c5ccc(C(=O)N6CC(C(N)=O)C6)nn5)cc4)C3)c(C)n2n1. The minimum absolute atomic E-state index is 0.0338. The van der Waals surface area contributed by atoms with Crippen molar-refractivity contribution in [3.8, 4) is 17.0 Å². The summed E-state index contributed by atoms with van der Waals surface area (Å²) in [7, 11) is 0. The zero-order chi connectivity index (χ0) is 27.3. The van der Waals surface area contributed by atoms with E-state index in [0.29, 0.717) is 30.4 Å². The van der Waals surface area contributed by atoms with Crippen LogP contribution < -0.4 is 15.4 Å². The third kappa shape index (κ3) is 4.62. The van der Waals surface area contributed by atoms with Gasteiger partial charge in [0.2, 0.25) is 5.91 Å². The van der Waals surface area contributed by atoms with Gasteiger partial charge in [0.1, 0.15) is 11.9 Å². The summed E-state index contributed by atoms with van der Waals surface area (Å²) in [5.74, 6) is 1.12. The third-order valence-electron chi connectivity index (χ3n) is 7.35. The van der Waals surface area contributed by atoms with Crippen molar-refractivity contribution in [2.45, 2.75) is 33.3 Å². The number of nitrogens with zero attached hydrogens (tertiary/aromatic N) is 8. The molecule has 1 atom stereocenters. The molecule has 12 heteroatoms. The second kappa shape index (κ2) is 9.61. The monoisotopic (exact) mass is 527 g/mol. The van der Waals surface area contributed by atoms with Crippen LogP contribution in [0.4, 0.5) is 5.69 Å². The molecule has 39 heavy (non-hydrogen) atoms. The van der Waals surface area contributed by atoms with Crippen molar-refractivity contribution in [2.75, 3.05) is 31.1 Å². The Balaban J connectivity index is 1.09. The predicted octanol–water partition coefficient (Wildman–Crippen LogP) is 1.72. The van der Waals surface area contributed by atoms with Crippen LogP contribution in [-0.2, 0) is 4.79 Å². The number of carbonyl (C=O) groups is 2. The quantitative estimate of drug-likeness (QED) is 0.396. The normalized spacial score (nSPS) is 17.5. The van der Waals surface area contributed by atoms with Crippen LogP contribution in [0.5, 0.6) is 5.75 Å². The molecule has 2 N–H and O–H groups in total. The van der Waals surface area contributed by atoms with E-state index in [1.165, 1.54) is 0 Å². The number of likely N-dealkylation sites (tertiary alicyclic amines) is 1. The molecule has 4 aromatic rings. The number of rotatable bonds is 6. The van der Waals surface area contributed by atoms with Gasteiger partial charge in [-0.25, -0.2) is 4.98 Å². The number of nitrogens with two attached hydrogens (primary N) is 1. The molecule has 2 saturated heterocycles. The van der Waals surface area contributed by atoms with Crippen LogP contribution in [0.3, 0.4) is 0 Å². The first-order valence-electron chi connectivity index (χ1n) is 12.9. The van der Waals surface area contributed by atoms with Gasteiger partial charge in [-0.1, -0.05) is 12.1 Å². The molecule has 1 aromatic carbocycles. The van der Waals surface area contributed by atoms with Gasteiger partial charge in [-0.15, -0.1) is 15.3 Å². The standard InChI is InChI=1S/C27H29N9O3/c1-15-24(16(2)36-27(29-15)30-17(3)33-36)39-21-10-11-34(14-21)20-6-4-18(5-7-20)22-8-9-23(32-31-22)26(38)35-12-19(13-35)25(28)37/h4-9,19,21H,10-14H2,1-3H3,(H2,28,37)/t21-/m1/s1. The van der Waals surface area contributed by atoms with Gasteiger partial charge < -0.3 is 20.3 Å². The van der Waals surface area contributed by atoms with Gasteiger partial charge in [0.05, 0.1) is 29.5 Å². The van der Waals surface area contributed by atoms with E-state index in [9.17, 15) is 9.59 Å². The second-order valence-electron chi connectivity index (χ2n) is 10.1. The number of hydrogen-bond acceptors (Lipinski definition) is 9. The van der Waals surface area contributed by atoms with Gasteiger partial charge in [-0.3, -0.25) is 9.59 Å². The topological polar surface area (TPSA) is 145 Å². The Labute approximate surface area is 224 Å². The summed E-state index contributed by atoms with van der Waals surface area (Å²) in [6.45, 7) is 8.06. The maximum atomic E-state index is 12.5. The molecule has 2 amide bonds. The molecule has 0 spiro atoms. The molecule has 2 aliphatic rings. The highest BCUT2D eigenvalue weighted by Gasteiger charge is 2.35. The number of primary amides is 1. The number of anilines is 1. The Hall–Kier alpha value is -4.61. The van der Waals surface area contributed by atoms with E-state index in [1.54, 1.807) is 21.5 Å². The van der Waals surface area contributed by atoms with Crippen LogP contribution in [0.15, 0.2) is 36.4 Å². The molecule has 2 fully saturated rings. The van der Waals surface area contributed by atoms with Gasteiger partial charge in [-0.2, -0.15) is 9.50 Å². The zero-order valence-electron chi connectivity index (χ0n) is 22.0. The van der Waals surface area contributed by atoms with Gasteiger partial charge in [-0.05, 0) is 45.0 Å². The van der Waals surface area contributed by atoms with Crippen LogP contribution in [0, 0.1) is 26.7 Å². The van der Waals surface area contributed by atoms with E-state index in [-0.39, 0.29) is 29.5 Å². The fraction of sp³-hybridized carbons (Fsp3) is 0.370. The lowest BCUT2D eigenvalue weighted by Gasteiger charge is -2.36. The van der Waals surface area contributed by atoms with Crippen LogP contribution in [0.1, 0.15) is 34.1 Å². The molecule has 6 rings (SSSR count). The highest BCUT2D eigenvalue weighted by Crippen LogP contribution is 2.29. The maximum absolute atomic E-state index is 12.5. The number of hydrogen-bond donors (Lipinski definition) is 1. The molecule has 3 aromatic heterocycles.